The second kappa shape index (κ2) is 6.49. The molecule has 114 valence electrons. The Morgan fingerprint density at radius 2 is 2.14 bits per heavy atom. The maximum absolute atomic E-state index is 12.1. The predicted octanol–water partition coefficient (Wildman–Crippen LogP) is 0.233. The summed E-state index contributed by atoms with van der Waals surface area (Å²) in [4.78, 5) is 30.3. The number of hydrogen-bond acceptors (Lipinski definition) is 6. The highest BCUT2D eigenvalue weighted by Gasteiger charge is 2.27. The molecule has 21 heavy (non-hydrogen) atoms. The maximum Gasteiger partial charge on any atom is 0.311 e. The molecule has 0 aliphatic carbocycles. The third-order valence-electron chi connectivity index (χ3n) is 3.63. The maximum atomic E-state index is 12.1. The molecule has 1 aliphatic rings. The molecule has 8 nitrogen and oxygen atoms in total. The molecule has 2 heterocycles. The normalized spacial score (nSPS) is 16.7. The Balaban J connectivity index is 2.05. The zero-order chi connectivity index (χ0) is 15.4. The van der Waals surface area contributed by atoms with Gasteiger partial charge in [0, 0.05) is 50.9 Å². The number of hydrogen-bond donors (Lipinski definition) is 1. The van der Waals surface area contributed by atoms with Crippen molar-refractivity contribution in [2.24, 2.45) is 11.7 Å². The molecular formula is C13H19N5O3. The van der Waals surface area contributed by atoms with Crippen molar-refractivity contribution in [2.45, 2.75) is 6.92 Å². The number of piperazine rings is 1. The molecule has 0 radical (unpaired) electrons. The Labute approximate surface area is 122 Å². The first-order chi connectivity index (χ1) is 10.0. The fourth-order valence-electron chi connectivity index (χ4n) is 2.33. The van der Waals surface area contributed by atoms with Crippen LogP contribution in [0.2, 0.25) is 0 Å². The third-order valence-corrected chi connectivity index (χ3v) is 3.63. The lowest BCUT2D eigenvalue weighted by Gasteiger charge is -2.36. The molecule has 1 saturated heterocycles. The van der Waals surface area contributed by atoms with E-state index < -0.39 is 4.92 Å². The lowest BCUT2D eigenvalue weighted by atomic mass is 10.1. The molecule has 2 rings (SSSR count). The number of carbonyl (C=O) groups excluding carboxylic acids is 1. The standard InChI is InChI=1S/C13H19N5O3/c1-10(9-14)13(19)17-7-5-16(6-8-17)12-11(18(20)21)3-2-4-15-12/h2-4,10H,5-9,14H2,1H3. The van der Waals surface area contributed by atoms with Gasteiger partial charge in [0.25, 0.3) is 0 Å². The highest BCUT2D eigenvalue weighted by atomic mass is 16.6. The summed E-state index contributed by atoms with van der Waals surface area (Å²) < 4.78 is 0. The van der Waals surface area contributed by atoms with Gasteiger partial charge in [0.1, 0.15) is 0 Å². The number of pyridine rings is 1. The first-order valence-corrected chi connectivity index (χ1v) is 6.87. The Morgan fingerprint density at radius 3 is 2.71 bits per heavy atom. The van der Waals surface area contributed by atoms with E-state index in [1.165, 1.54) is 12.3 Å². The largest absolute Gasteiger partial charge is 0.347 e. The van der Waals surface area contributed by atoms with Crippen molar-refractivity contribution in [3.63, 3.8) is 0 Å². The molecule has 1 aliphatic heterocycles. The van der Waals surface area contributed by atoms with Gasteiger partial charge in [0.15, 0.2) is 0 Å². The lowest BCUT2D eigenvalue weighted by molar-refractivity contribution is -0.384. The predicted molar refractivity (Wildman–Crippen MR) is 77.9 cm³/mol. The van der Waals surface area contributed by atoms with Crippen LogP contribution in [0.4, 0.5) is 11.5 Å². The van der Waals surface area contributed by atoms with Crippen LogP contribution < -0.4 is 10.6 Å². The number of aromatic nitrogens is 1. The summed E-state index contributed by atoms with van der Waals surface area (Å²) in [6.45, 7) is 4.23. The monoisotopic (exact) mass is 293 g/mol. The fourth-order valence-corrected chi connectivity index (χ4v) is 2.33. The molecule has 0 spiro atoms. The zero-order valence-corrected chi connectivity index (χ0v) is 11.9. The summed E-state index contributed by atoms with van der Waals surface area (Å²) in [5.74, 6) is 0.204. The van der Waals surface area contributed by atoms with Crippen molar-refractivity contribution in [2.75, 3.05) is 37.6 Å². The van der Waals surface area contributed by atoms with Gasteiger partial charge in [-0.05, 0) is 6.07 Å². The summed E-state index contributed by atoms with van der Waals surface area (Å²) in [6, 6.07) is 2.99. The minimum absolute atomic E-state index is 0.00685. The van der Waals surface area contributed by atoms with Crippen LogP contribution in [0.3, 0.4) is 0 Å². The molecule has 1 aromatic heterocycles. The minimum Gasteiger partial charge on any atom is -0.347 e. The van der Waals surface area contributed by atoms with Crippen LogP contribution in [-0.4, -0.2) is 53.4 Å². The molecule has 1 fully saturated rings. The van der Waals surface area contributed by atoms with Gasteiger partial charge in [-0.3, -0.25) is 14.9 Å². The van der Waals surface area contributed by atoms with Crippen LogP contribution >= 0.6 is 0 Å². The Hall–Kier alpha value is -2.22. The van der Waals surface area contributed by atoms with Crippen LogP contribution in [0.1, 0.15) is 6.92 Å². The van der Waals surface area contributed by atoms with Gasteiger partial charge in [0.05, 0.1) is 4.92 Å². The van der Waals surface area contributed by atoms with Crippen molar-refractivity contribution in [3.05, 3.63) is 28.4 Å². The van der Waals surface area contributed by atoms with Gasteiger partial charge in [0.2, 0.25) is 11.7 Å². The summed E-state index contributed by atoms with van der Waals surface area (Å²) in [5.41, 5.74) is 5.50. The number of anilines is 1. The molecular weight excluding hydrogens is 274 g/mol. The van der Waals surface area contributed by atoms with Gasteiger partial charge >= 0.3 is 5.69 Å². The number of carbonyl (C=O) groups is 1. The summed E-state index contributed by atoms with van der Waals surface area (Å²) in [5, 5.41) is 11.0. The van der Waals surface area contributed by atoms with Crippen LogP contribution in [0, 0.1) is 16.0 Å². The average Bonchev–Trinajstić information content (AvgIpc) is 2.53. The van der Waals surface area contributed by atoms with Crippen molar-refractivity contribution < 1.29 is 9.72 Å². The summed E-state index contributed by atoms with van der Waals surface area (Å²) >= 11 is 0. The van der Waals surface area contributed by atoms with Crippen molar-refractivity contribution >= 4 is 17.4 Å². The molecule has 0 bridgehead atoms. The van der Waals surface area contributed by atoms with Crippen LogP contribution in [0.25, 0.3) is 0 Å². The number of amides is 1. The van der Waals surface area contributed by atoms with E-state index in [1.54, 1.807) is 17.9 Å². The quantitative estimate of drug-likeness (QED) is 0.629. The van der Waals surface area contributed by atoms with E-state index in [1.807, 2.05) is 4.90 Å². The number of nitrogens with zero attached hydrogens (tertiary/aromatic N) is 4. The first-order valence-electron chi connectivity index (χ1n) is 6.87. The van der Waals surface area contributed by atoms with E-state index in [0.717, 1.165) is 0 Å². The van der Waals surface area contributed by atoms with E-state index in [4.69, 9.17) is 5.73 Å². The minimum atomic E-state index is -0.434. The molecule has 1 unspecified atom stereocenters. The third kappa shape index (κ3) is 3.27. The van der Waals surface area contributed by atoms with Crippen molar-refractivity contribution in [1.82, 2.24) is 9.88 Å². The number of nitro groups is 1. The van der Waals surface area contributed by atoms with Crippen LogP contribution in [-0.2, 0) is 4.79 Å². The second-order valence-corrected chi connectivity index (χ2v) is 5.05. The Kier molecular flexibility index (Phi) is 4.69. The Morgan fingerprint density at radius 1 is 1.48 bits per heavy atom. The van der Waals surface area contributed by atoms with Crippen LogP contribution in [0.15, 0.2) is 18.3 Å². The van der Waals surface area contributed by atoms with E-state index >= 15 is 0 Å². The van der Waals surface area contributed by atoms with E-state index in [2.05, 4.69) is 4.98 Å². The van der Waals surface area contributed by atoms with Gasteiger partial charge < -0.3 is 15.5 Å². The number of rotatable bonds is 4. The molecule has 1 atom stereocenters. The van der Waals surface area contributed by atoms with Gasteiger partial charge in [-0.25, -0.2) is 4.98 Å². The SMILES string of the molecule is CC(CN)C(=O)N1CCN(c2ncccc2[N+](=O)[O-])CC1. The van der Waals surface area contributed by atoms with Gasteiger partial charge in [-0.2, -0.15) is 0 Å². The van der Waals surface area contributed by atoms with Gasteiger partial charge in [-0.1, -0.05) is 6.92 Å². The van der Waals surface area contributed by atoms with E-state index in [0.29, 0.717) is 38.5 Å². The second-order valence-electron chi connectivity index (χ2n) is 5.05. The molecule has 0 saturated carbocycles. The topological polar surface area (TPSA) is 106 Å². The molecule has 8 heteroatoms. The lowest BCUT2D eigenvalue weighted by Crippen LogP contribution is -2.51. The fraction of sp³-hybridized carbons (Fsp3) is 0.538. The smallest absolute Gasteiger partial charge is 0.311 e. The summed E-state index contributed by atoms with van der Waals surface area (Å²) in [7, 11) is 0. The number of nitrogens with two attached hydrogens (primary N) is 1. The molecule has 2 N–H and O–H groups in total. The van der Waals surface area contributed by atoms with E-state index in [-0.39, 0.29) is 17.5 Å². The summed E-state index contributed by atoms with van der Waals surface area (Å²) in [6.07, 6.45) is 1.54. The highest BCUT2D eigenvalue weighted by Crippen LogP contribution is 2.25. The molecule has 0 aromatic carbocycles. The van der Waals surface area contributed by atoms with E-state index in [9.17, 15) is 14.9 Å². The van der Waals surface area contributed by atoms with Crippen molar-refractivity contribution in [1.29, 1.82) is 0 Å². The van der Waals surface area contributed by atoms with Crippen molar-refractivity contribution in [3.8, 4) is 0 Å². The Bertz CT molecular complexity index is 528. The zero-order valence-electron chi connectivity index (χ0n) is 11.9. The first kappa shape index (κ1) is 15.2. The van der Waals surface area contributed by atoms with Gasteiger partial charge in [-0.15, -0.1) is 0 Å². The van der Waals surface area contributed by atoms with Crippen LogP contribution in [0.5, 0.6) is 0 Å². The molecule has 1 aromatic rings. The average molecular weight is 293 g/mol. The highest BCUT2D eigenvalue weighted by molar-refractivity contribution is 5.79. The molecule has 1 amide bonds.